The third-order valence-electron chi connectivity index (χ3n) is 5.61. The summed E-state index contributed by atoms with van der Waals surface area (Å²) in [6.45, 7) is 2.05. The number of carbonyl (C=O) groups is 1. The zero-order chi connectivity index (χ0) is 18.6. The van der Waals surface area contributed by atoms with E-state index < -0.39 is 0 Å². The Bertz CT molecular complexity index is 763. The molecule has 0 radical (unpaired) electrons. The first-order valence-corrected chi connectivity index (χ1v) is 9.82. The zero-order valence-electron chi connectivity index (χ0n) is 15.8. The fraction of sp³-hybridized carbons (Fsp3) is 0.550. The van der Waals surface area contributed by atoms with Crippen LogP contribution in [0, 0.1) is 0 Å². The van der Waals surface area contributed by atoms with Gasteiger partial charge in [-0.15, -0.1) is 0 Å². The molecule has 7 nitrogen and oxygen atoms in total. The molecule has 0 spiro atoms. The maximum atomic E-state index is 12.9. The molecule has 2 fully saturated rings. The fourth-order valence-electron chi connectivity index (χ4n) is 4.01. The lowest BCUT2D eigenvalue weighted by Crippen LogP contribution is -2.39. The van der Waals surface area contributed by atoms with Crippen LogP contribution in [0.4, 0.5) is 5.69 Å². The molecule has 2 aromatic rings. The van der Waals surface area contributed by atoms with Crippen molar-refractivity contribution in [2.24, 2.45) is 0 Å². The summed E-state index contributed by atoms with van der Waals surface area (Å²) in [6, 6.07) is 4.15. The third-order valence-corrected chi connectivity index (χ3v) is 5.61. The van der Waals surface area contributed by atoms with Crippen LogP contribution >= 0.6 is 0 Å². The highest BCUT2D eigenvalue weighted by molar-refractivity contribution is 5.93. The summed E-state index contributed by atoms with van der Waals surface area (Å²) in [5.41, 5.74) is 1.52. The SMILES string of the molecule is CO[C@H]1CC[C@H](NC(=O)c2cc(N3CCCC3)cc(-n3ccnc3)n2)CC1. The molecule has 3 heterocycles. The standard InChI is InChI=1S/C20H27N5O2/c1-27-17-6-4-15(5-7-17)22-20(26)18-12-16(24-9-2-3-10-24)13-19(23-18)25-11-8-21-14-25/h8,11-15,17H,2-7,9-10H2,1H3,(H,22,26)/t15-,17-. The van der Waals surface area contributed by atoms with Gasteiger partial charge in [-0.2, -0.15) is 0 Å². The molecule has 0 aromatic carbocycles. The Morgan fingerprint density at radius 1 is 1.19 bits per heavy atom. The van der Waals surface area contributed by atoms with Gasteiger partial charge in [-0.3, -0.25) is 9.36 Å². The molecule has 0 unspecified atom stereocenters. The summed E-state index contributed by atoms with van der Waals surface area (Å²) in [6.07, 6.45) is 11.9. The van der Waals surface area contributed by atoms with Crippen molar-refractivity contribution in [3.05, 3.63) is 36.5 Å². The van der Waals surface area contributed by atoms with E-state index in [4.69, 9.17) is 4.74 Å². The van der Waals surface area contributed by atoms with E-state index in [1.54, 1.807) is 19.6 Å². The molecule has 1 aliphatic carbocycles. The monoisotopic (exact) mass is 369 g/mol. The number of imidazole rings is 1. The number of amides is 1. The van der Waals surface area contributed by atoms with Gasteiger partial charge in [0.05, 0.1) is 6.10 Å². The second-order valence-corrected chi connectivity index (χ2v) is 7.42. The molecule has 1 saturated heterocycles. The van der Waals surface area contributed by atoms with Crippen molar-refractivity contribution in [3.8, 4) is 5.82 Å². The van der Waals surface area contributed by atoms with Crippen molar-refractivity contribution in [2.75, 3.05) is 25.1 Å². The number of hydrogen-bond acceptors (Lipinski definition) is 5. The highest BCUT2D eigenvalue weighted by Gasteiger charge is 2.24. The molecule has 0 atom stereocenters. The molecule has 4 rings (SSSR count). The molecule has 1 amide bonds. The van der Waals surface area contributed by atoms with E-state index in [1.165, 1.54) is 12.8 Å². The molecule has 7 heteroatoms. The number of aromatic nitrogens is 3. The topological polar surface area (TPSA) is 72.3 Å². The quantitative estimate of drug-likeness (QED) is 0.877. The van der Waals surface area contributed by atoms with E-state index in [1.807, 2.05) is 22.9 Å². The summed E-state index contributed by atoms with van der Waals surface area (Å²) in [5, 5.41) is 3.17. The minimum Gasteiger partial charge on any atom is -0.381 e. The van der Waals surface area contributed by atoms with Gasteiger partial charge in [0.2, 0.25) is 0 Å². The van der Waals surface area contributed by atoms with E-state index in [0.29, 0.717) is 11.8 Å². The van der Waals surface area contributed by atoms with E-state index in [0.717, 1.165) is 50.3 Å². The summed E-state index contributed by atoms with van der Waals surface area (Å²) < 4.78 is 7.27. The number of pyridine rings is 1. The number of methoxy groups -OCH3 is 1. The molecular formula is C20H27N5O2. The minimum absolute atomic E-state index is 0.0988. The van der Waals surface area contributed by atoms with Gasteiger partial charge in [-0.1, -0.05) is 0 Å². The lowest BCUT2D eigenvalue weighted by atomic mass is 9.93. The number of carbonyl (C=O) groups excluding carboxylic acids is 1. The number of ether oxygens (including phenoxy) is 1. The van der Waals surface area contributed by atoms with Gasteiger partial charge in [-0.05, 0) is 44.6 Å². The zero-order valence-corrected chi connectivity index (χ0v) is 15.8. The van der Waals surface area contributed by atoms with Gasteiger partial charge < -0.3 is 15.0 Å². The predicted octanol–water partition coefficient (Wildman–Crippen LogP) is 2.55. The average Bonchev–Trinajstić information content (AvgIpc) is 3.42. The maximum Gasteiger partial charge on any atom is 0.270 e. The number of hydrogen-bond donors (Lipinski definition) is 1. The molecule has 2 aromatic heterocycles. The lowest BCUT2D eigenvalue weighted by molar-refractivity contribution is 0.0598. The van der Waals surface area contributed by atoms with Gasteiger partial charge in [0.1, 0.15) is 17.8 Å². The van der Waals surface area contributed by atoms with Crippen LogP contribution in [-0.4, -0.2) is 52.8 Å². The first kappa shape index (κ1) is 18.0. The Balaban J connectivity index is 1.54. The normalized spacial score (nSPS) is 22.8. The maximum absolute atomic E-state index is 12.9. The minimum atomic E-state index is -0.0988. The Labute approximate surface area is 159 Å². The highest BCUT2D eigenvalue weighted by atomic mass is 16.5. The number of nitrogens with zero attached hydrogens (tertiary/aromatic N) is 4. The van der Waals surface area contributed by atoms with Crippen LogP contribution in [0.2, 0.25) is 0 Å². The van der Waals surface area contributed by atoms with Crippen LogP contribution in [0.1, 0.15) is 49.0 Å². The number of nitrogens with one attached hydrogen (secondary N) is 1. The van der Waals surface area contributed by atoms with E-state index in [9.17, 15) is 4.79 Å². The van der Waals surface area contributed by atoms with Gasteiger partial charge in [0.25, 0.3) is 5.91 Å². The van der Waals surface area contributed by atoms with E-state index in [-0.39, 0.29) is 11.9 Å². The van der Waals surface area contributed by atoms with E-state index >= 15 is 0 Å². The molecule has 1 N–H and O–H groups in total. The Morgan fingerprint density at radius 2 is 1.96 bits per heavy atom. The second-order valence-electron chi connectivity index (χ2n) is 7.42. The van der Waals surface area contributed by atoms with E-state index in [2.05, 4.69) is 20.2 Å². The van der Waals surface area contributed by atoms with Crippen molar-refractivity contribution < 1.29 is 9.53 Å². The van der Waals surface area contributed by atoms with Crippen molar-refractivity contribution in [3.63, 3.8) is 0 Å². The lowest BCUT2D eigenvalue weighted by Gasteiger charge is -2.28. The third kappa shape index (κ3) is 4.13. The van der Waals surface area contributed by atoms with Crippen molar-refractivity contribution in [1.82, 2.24) is 19.9 Å². The van der Waals surface area contributed by atoms with Crippen LogP contribution in [0.15, 0.2) is 30.9 Å². The highest BCUT2D eigenvalue weighted by Crippen LogP contribution is 2.24. The molecule has 144 valence electrons. The molecule has 0 bridgehead atoms. The summed E-state index contributed by atoms with van der Waals surface area (Å²) in [5.74, 6) is 0.628. The van der Waals surface area contributed by atoms with Crippen LogP contribution in [-0.2, 0) is 4.74 Å². The van der Waals surface area contributed by atoms with Crippen molar-refractivity contribution in [2.45, 2.75) is 50.7 Å². The predicted molar refractivity (Wildman–Crippen MR) is 103 cm³/mol. The Hall–Kier alpha value is -2.41. The summed E-state index contributed by atoms with van der Waals surface area (Å²) in [4.78, 5) is 23.9. The van der Waals surface area contributed by atoms with Crippen LogP contribution in [0.25, 0.3) is 5.82 Å². The molecule has 1 saturated carbocycles. The van der Waals surface area contributed by atoms with Gasteiger partial charge in [-0.25, -0.2) is 9.97 Å². The van der Waals surface area contributed by atoms with Crippen molar-refractivity contribution >= 4 is 11.6 Å². The second kappa shape index (κ2) is 8.08. The molecule has 27 heavy (non-hydrogen) atoms. The smallest absolute Gasteiger partial charge is 0.270 e. The van der Waals surface area contributed by atoms with Crippen molar-refractivity contribution in [1.29, 1.82) is 0 Å². The number of anilines is 1. The first-order chi connectivity index (χ1) is 13.2. The largest absolute Gasteiger partial charge is 0.381 e. The van der Waals surface area contributed by atoms with Crippen LogP contribution < -0.4 is 10.2 Å². The molecule has 1 aliphatic heterocycles. The molecular weight excluding hydrogens is 342 g/mol. The summed E-state index contributed by atoms with van der Waals surface area (Å²) in [7, 11) is 1.76. The number of rotatable bonds is 5. The summed E-state index contributed by atoms with van der Waals surface area (Å²) >= 11 is 0. The Kier molecular flexibility index (Phi) is 5.38. The van der Waals surface area contributed by atoms with Gasteiger partial charge >= 0.3 is 0 Å². The molecule has 2 aliphatic rings. The Morgan fingerprint density at radius 3 is 2.63 bits per heavy atom. The van der Waals surface area contributed by atoms with Crippen LogP contribution in [0.3, 0.4) is 0 Å². The first-order valence-electron chi connectivity index (χ1n) is 9.82. The van der Waals surface area contributed by atoms with Gasteiger partial charge in [0, 0.05) is 50.4 Å². The fourth-order valence-corrected chi connectivity index (χ4v) is 4.01. The van der Waals surface area contributed by atoms with Crippen LogP contribution in [0.5, 0.6) is 0 Å². The average molecular weight is 369 g/mol. The van der Waals surface area contributed by atoms with Gasteiger partial charge in [0.15, 0.2) is 0 Å².